The largest absolute Gasteiger partial charge is 0.342 e. The van der Waals surface area contributed by atoms with Gasteiger partial charge in [0.15, 0.2) is 0 Å². The summed E-state index contributed by atoms with van der Waals surface area (Å²) in [5.74, 6) is -0.215. The van der Waals surface area contributed by atoms with Crippen LogP contribution in [0.5, 0.6) is 0 Å². The monoisotopic (exact) mass is 360 g/mol. The molecule has 2 saturated heterocycles. The number of nitrogens with zero attached hydrogens (tertiary/aromatic N) is 3. The number of nitrogens with one attached hydrogen (secondary N) is 1. The molecule has 0 spiro atoms. The standard InChI is InChI=1S/C15H28N4O4S/c1-11(2)19-10-12(9-14(19)20)15(21)18-7-5-13(6-8-18)16-24(22,23)17(3)4/h11-13,16H,5-10H2,1-4H3. The third-order valence-electron chi connectivity index (χ3n) is 4.73. The molecule has 2 aliphatic heterocycles. The number of likely N-dealkylation sites (tertiary alicyclic amines) is 2. The first kappa shape index (κ1) is 19.1. The molecule has 0 radical (unpaired) electrons. The fraction of sp³-hybridized carbons (Fsp3) is 0.867. The third-order valence-corrected chi connectivity index (χ3v) is 6.33. The fourth-order valence-corrected chi connectivity index (χ4v) is 4.06. The Morgan fingerprint density at radius 2 is 1.83 bits per heavy atom. The summed E-state index contributed by atoms with van der Waals surface area (Å²) < 4.78 is 27.5. The second-order valence-corrected chi connectivity index (χ2v) is 8.96. The van der Waals surface area contributed by atoms with E-state index in [1.165, 1.54) is 14.1 Å². The van der Waals surface area contributed by atoms with E-state index in [9.17, 15) is 18.0 Å². The van der Waals surface area contributed by atoms with Crippen molar-refractivity contribution in [1.29, 1.82) is 0 Å². The number of amides is 2. The van der Waals surface area contributed by atoms with E-state index in [0.717, 1.165) is 4.31 Å². The van der Waals surface area contributed by atoms with Crippen LogP contribution in [0.1, 0.15) is 33.1 Å². The average Bonchev–Trinajstić information content (AvgIpc) is 2.89. The van der Waals surface area contributed by atoms with E-state index in [-0.39, 0.29) is 36.2 Å². The lowest BCUT2D eigenvalue weighted by atomic mass is 10.0. The fourth-order valence-electron chi connectivity index (χ4n) is 3.19. The van der Waals surface area contributed by atoms with Gasteiger partial charge in [0.1, 0.15) is 0 Å². The van der Waals surface area contributed by atoms with E-state index in [4.69, 9.17) is 0 Å². The summed E-state index contributed by atoms with van der Waals surface area (Å²) in [5.41, 5.74) is 0. The van der Waals surface area contributed by atoms with Gasteiger partial charge in [-0.1, -0.05) is 0 Å². The van der Waals surface area contributed by atoms with E-state index in [0.29, 0.717) is 32.5 Å². The molecule has 2 fully saturated rings. The molecule has 0 aromatic heterocycles. The molecule has 9 heteroatoms. The van der Waals surface area contributed by atoms with Crippen LogP contribution in [0.4, 0.5) is 0 Å². The molecule has 0 aromatic rings. The van der Waals surface area contributed by atoms with Crippen LogP contribution in [-0.4, -0.2) is 80.2 Å². The zero-order valence-electron chi connectivity index (χ0n) is 14.9. The Kier molecular flexibility index (Phi) is 5.87. The van der Waals surface area contributed by atoms with Crippen molar-refractivity contribution in [3.05, 3.63) is 0 Å². The second-order valence-electron chi connectivity index (χ2n) is 7.05. The number of hydrogen-bond acceptors (Lipinski definition) is 4. The lowest BCUT2D eigenvalue weighted by Gasteiger charge is -2.34. The molecule has 0 saturated carbocycles. The molecule has 1 unspecified atom stereocenters. The lowest BCUT2D eigenvalue weighted by Crippen LogP contribution is -2.50. The quantitative estimate of drug-likeness (QED) is 0.724. The maximum atomic E-state index is 12.6. The molecule has 0 aromatic carbocycles. The number of carbonyl (C=O) groups is 2. The Morgan fingerprint density at radius 3 is 2.29 bits per heavy atom. The minimum atomic E-state index is -3.45. The Balaban J connectivity index is 1.86. The van der Waals surface area contributed by atoms with E-state index >= 15 is 0 Å². The van der Waals surface area contributed by atoms with Crippen LogP contribution in [0.3, 0.4) is 0 Å². The summed E-state index contributed by atoms with van der Waals surface area (Å²) in [6.45, 7) is 5.43. The summed E-state index contributed by atoms with van der Waals surface area (Å²) in [7, 11) is -0.477. The van der Waals surface area contributed by atoms with Crippen molar-refractivity contribution in [3.63, 3.8) is 0 Å². The molecule has 1 N–H and O–H groups in total. The molecule has 2 rings (SSSR count). The van der Waals surface area contributed by atoms with Gasteiger partial charge in [0.25, 0.3) is 10.2 Å². The molecule has 0 aliphatic carbocycles. The van der Waals surface area contributed by atoms with Crippen molar-refractivity contribution >= 4 is 22.0 Å². The van der Waals surface area contributed by atoms with Crippen LogP contribution in [0.2, 0.25) is 0 Å². The highest BCUT2D eigenvalue weighted by molar-refractivity contribution is 7.87. The summed E-state index contributed by atoms with van der Waals surface area (Å²) in [4.78, 5) is 28.1. The summed E-state index contributed by atoms with van der Waals surface area (Å²) in [6, 6.07) is -0.0414. The molecule has 2 aliphatic rings. The minimum absolute atomic E-state index is 0.0143. The average molecular weight is 360 g/mol. The Morgan fingerprint density at radius 1 is 1.25 bits per heavy atom. The van der Waals surface area contributed by atoms with Gasteiger partial charge in [-0.2, -0.15) is 17.4 Å². The van der Waals surface area contributed by atoms with Crippen LogP contribution in [-0.2, 0) is 19.8 Å². The van der Waals surface area contributed by atoms with Crippen LogP contribution in [0.15, 0.2) is 0 Å². The predicted octanol–water partition coefficient (Wildman–Crippen LogP) is -0.370. The van der Waals surface area contributed by atoms with Gasteiger partial charge < -0.3 is 9.80 Å². The van der Waals surface area contributed by atoms with Crippen molar-refractivity contribution in [2.45, 2.75) is 45.2 Å². The Bertz CT molecular complexity index is 582. The maximum absolute atomic E-state index is 12.6. The van der Waals surface area contributed by atoms with Crippen molar-refractivity contribution in [2.24, 2.45) is 5.92 Å². The van der Waals surface area contributed by atoms with Crippen molar-refractivity contribution in [2.75, 3.05) is 33.7 Å². The van der Waals surface area contributed by atoms with Gasteiger partial charge in [0.05, 0.1) is 5.92 Å². The van der Waals surface area contributed by atoms with E-state index in [1.807, 2.05) is 13.8 Å². The lowest BCUT2D eigenvalue weighted by molar-refractivity contribution is -0.136. The Labute approximate surface area is 144 Å². The highest BCUT2D eigenvalue weighted by Gasteiger charge is 2.38. The van der Waals surface area contributed by atoms with E-state index < -0.39 is 10.2 Å². The summed E-state index contributed by atoms with van der Waals surface area (Å²) in [5, 5.41) is 0. The van der Waals surface area contributed by atoms with Gasteiger partial charge in [-0.05, 0) is 26.7 Å². The van der Waals surface area contributed by atoms with Crippen LogP contribution < -0.4 is 4.72 Å². The van der Waals surface area contributed by atoms with Crippen molar-refractivity contribution < 1.29 is 18.0 Å². The first-order valence-electron chi connectivity index (χ1n) is 8.40. The number of carbonyl (C=O) groups excluding carboxylic acids is 2. The topological polar surface area (TPSA) is 90.0 Å². The van der Waals surface area contributed by atoms with Gasteiger partial charge in [0.2, 0.25) is 11.8 Å². The highest BCUT2D eigenvalue weighted by Crippen LogP contribution is 2.24. The molecule has 0 bridgehead atoms. The molecule has 2 amide bonds. The zero-order chi connectivity index (χ0) is 18.1. The van der Waals surface area contributed by atoms with E-state index in [1.54, 1.807) is 9.80 Å². The smallest absolute Gasteiger partial charge is 0.279 e. The molecular weight excluding hydrogens is 332 g/mol. The Hall–Kier alpha value is -1.19. The van der Waals surface area contributed by atoms with Crippen LogP contribution in [0, 0.1) is 5.92 Å². The van der Waals surface area contributed by atoms with Gasteiger partial charge >= 0.3 is 0 Å². The SMILES string of the molecule is CC(C)N1CC(C(=O)N2CCC(NS(=O)(=O)N(C)C)CC2)CC1=O. The molecule has 138 valence electrons. The summed E-state index contributed by atoms with van der Waals surface area (Å²) >= 11 is 0. The van der Waals surface area contributed by atoms with Crippen LogP contribution in [0.25, 0.3) is 0 Å². The van der Waals surface area contributed by atoms with Crippen LogP contribution >= 0.6 is 0 Å². The van der Waals surface area contributed by atoms with Crippen molar-refractivity contribution in [1.82, 2.24) is 18.8 Å². The molecule has 2 heterocycles. The number of piperidine rings is 1. The molecular formula is C15H28N4O4S. The summed E-state index contributed by atoms with van der Waals surface area (Å²) in [6.07, 6.45) is 1.46. The molecule has 8 nitrogen and oxygen atoms in total. The molecule has 1 atom stereocenters. The van der Waals surface area contributed by atoms with E-state index in [2.05, 4.69) is 4.72 Å². The van der Waals surface area contributed by atoms with Gasteiger partial charge in [0, 0.05) is 52.2 Å². The maximum Gasteiger partial charge on any atom is 0.279 e. The third kappa shape index (κ3) is 4.25. The normalized spacial score (nSPS) is 23.6. The zero-order valence-corrected chi connectivity index (χ0v) is 15.7. The predicted molar refractivity (Wildman–Crippen MR) is 90.3 cm³/mol. The first-order valence-corrected chi connectivity index (χ1v) is 9.84. The first-order chi connectivity index (χ1) is 11.1. The van der Waals surface area contributed by atoms with Gasteiger partial charge in [-0.15, -0.1) is 0 Å². The number of hydrogen-bond donors (Lipinski definition) is 1. The van der Waals surface area contributed by atoms with Gasteiger partial charge in [-0.25, -0.2) is 0 Å². The minimum Gasteiger partial charge on any atom is -0.342 e. The van der Waals surface area contributed by atoms with Crippen molar-refractivity contribution in [3.8, 4) is 0 Å². The number of rotatable bonds is 5. The second kappa shape index (κ2) is 7.37. The van der Waals surface area contributed by atoms with Gasteiger partial charge in [-0.3, -0.25) is 9.59 Å². The molecule has 24 heavy (non-hydrogen) atoms. The highest BCUT2D eigenvalue weighted by atomic mass is 32.2.